The molecular formula is C14H18N4O2. The van der Waals surface area contributed by atoms with Crippen molar-refractivity contribution < 1.29 is 9.53 Å². The van der Waals surface area contributed by atoms with Crippen LogP contribution in [0.4, 0.5) is 11.8 Å². The first-order valence-corrected chi connectivity index (χ1v) is 6.64. The Morgan fingerprint density at radius 3 is 2.75 bits per heavy atom. The first kappa shape index (κ1) is 14.0. The molecule has 0 saturated heterocycles. The molecule has 0 bridgehead atoms. The van der Waals surface area contributed by atoms with Crippen LogP contribution in [0.1, 0.15) is 13.8 Å². The zero-order valence-corrected chi connectivity index (χ0v) is 11.6. The number of benzene rings is 1. The molecule has 2 rings (SSSR count). The Morgan fingerprint density at radius 1 is 1.20 bits per heavy atom. The molecule has 0 aliphatic rings. The minimum absolute atomic E-state index is 0.0837. The zero-order chi connectivity index (χ0) is 14.4. The summed E-state index contributed by atoms with van der Waals surface area (Å²) >= 11 is 0. The van der Waals surface area contributed by atoms with Crippen LogP contribution < -0.4 is 10.6 Å². The molecule has 1 aromatic carbocycles. The fourth-order valence-corrected chi connectivity index (χ4v) is 1.82. The van der Waals surface area contributed by atoms with E-state index in [2.05, 4.69) is 20.6 Å². The van der Waals surface area contributed by atoms with Crippen LogP contribution in [-0.4, -0.2) is 35.6 Å². The number of rotatable bonds is 6. The molecule has 0 saturated carbocycles. The van der Waals surface area contributed by atoms with Crippen molar-refractivity contribution in [3.05, 3.63) is 24.3 Å². The van der Waals surface area contributed by atoms with Gasteiger partial charge in [0.15, 0.2) is 0 Å². The number of aromatic nitrogens is 2. The van der Waals surface area contributed by atoms with Gasteiger partial charge in [0, 0.05) is 11.9 Å². The highest BCUT2D eigenvalue weighted by Crippen LogP contribution is 2.21. The van der Waals surface area contributed by atoms with E-state index < -0.39 is 0 Å². The Balaban J connectivity index is 2.27. The van der Waals surface area contributed by atoms with Crippen LogP contribution in [0.2, 0.25) is 0 Å². The van der Waals surface area contributed by atoms with Crippen LogP contribution in [0.25, 0.3) is 10.9 Å². The van der Waals surface area contributed by atoms with E-state index in [0.29, 0.717) is 18.4 Å². The number of esters is 1. The standard InChI is InChI=1S/C14H18N4O2/c1-3-15-14-17-11-8-6-5-7-10(11)13(18-14)16-9-12(19)20-4-2/h5-8H,3-4,9H2,1-2H3,(H2,15,16,17,18). The third kappa shape index (κ3) is 3.34. The van der Waals surface area contributed by atoms with Gasteiger partial charge >= 0.3 is 5.97 Å². The van der Waals surface area contributed by atoms with E-state index in [-0.39, 0.29) is 12.5 Å². The lowest BCUT2D eigenvalue weighted by molar-refractivity contribution is -0.140. The molecule has 0 spiro atoms. The van der Waals surface area contributed by atoms with E-state index in [1.54, 1.807) is 6.92 Å². The van der Waals surface area contributed by atoms with Crippen LogP contribution >= 0.6 is 0 Å². The highest BCUT2D eigenvalue weighted by atomic mass is 16.5. The van der Waals surface area contributed by atoms with Crippen molar-refractivity contribution in [1.29, 1.82) is 0 Å². The molecule has 1 aromatic heterocycles. The highest BCUT2D eigenvalue weighted by Gasteiger charge is 2.08. The van der Waals surface area contributed by atoms with E-state index in [1.807, 2.05) is 31.2 Å². The van der Waals surface area contributed by atoms with Crippen LogP contribution in [0.15, 0.2) is 24.3 Å². The van der Waals surface area contributed by atoms with Crippen LogP contribution in [0.5, 0.6) is 0 Å². The third-order valence-corrected chi connectivity index (χ3v) is 2.64. The smallest absolute Gasteiger partial charge is 0.325 e. The van der Waals surface area contributed by atoms with Gasteiger partial charge in [0.05, 0.1) is 12.1 Å². The van der Waals surface area contributed by atoms with Gasteiger partial charge in [0.25, 0.3) is 0 Å². The first-order valence-electron chi connectivity index (χ1n) is 6.64. The lowest BCUT2D eigenvalue weighted by Crippen LogP contribution is -2.18. The predicted octanol–water partition coefficient (Wildman–Crippen LogP) is 2.04. The maximum absolute atomic E-state index is 11.4. The molecule has 0 radical (unpaired) electrons. The number of hydrogen-bond acceptors (Lipinski definition) is 6. The molecule has 0 unspecified atom stereocenters. The summed E-state index contributed by atoms with van der Waals surface area (Å²) in [7, 11) is 0. The van der Waals surface area contributed by atoms with Crippen molar-refractivity contribution in [3.8, 4) is 0 Å². The second kappa shape index (κ2) is 6.70. The Morgan fingerprint density at radius 2 is 2.00 bits per heavy atom. The molecule has 20 heavy (non-hydrogen) atoms. The van der Waals surface area contributed by atoms with E-state index in [1.165, 1.54) is 0 Å². The first-order chi connectivity index (χ1) is 9.74. The van der Waals surface area contributed by atoms with Crippen LogP contribution in [-0.2, 0) is 9.53 Å². The van der Waals surface area contributed by atoms with Gasteiger partial charge in [-0.15, -0.1) is 0 Å². The quantitative estimate of drug-likeness (QED) is 0.785. The van der Waals surface area contributed by atoms with Crippen molar-refractivity contribution in [2.45, 2.75) is 13.8 Å². The summed E-state index contributed by atoms with van der Waals surface area (Å²) in [5, 5.41) is 6.95. The van der Waals surface area contributed by atoms with Gasteiger partial charge < -0.3 is 15.4 Å². The van der Waals surface area contributed by atoms with Gasteiger partial charge in [-0.05, 0) is 26.0 Å². The Bertz CT molecular complexity index is 601. The Labute approximate surface area is 117 Å². The maximum Gasteiger partial charge on any atom is 0.325 e. The molecule has 6 heteroatoms. The topological polar surface area (TPSA) is 76.1 Å². The SMILES string of the molecule is CCNc1nc(NCC(=O)OCC)c2ccccc2n1. The largest absolute Gasteiger partial charge is 0.465 e. The van der Waals surface area contributed by atoms with Gasteiger partial charge in [0.2, 0.25) is 5.95 Å². The van der Waals surface area contributed by atoms with Crippen LogP contribution in [0.3, 0.4) is 0 Å². The summed E-state index contributed by atoms with van der Waals surface area (Å²) in [6.07, 6.45) is 0. The van der Waals surface area contributed by atoms with Gasteiger partial charge in [0.1, 0.15) is 12.4 Å². The summed E-state index contributed by atoms with van der Waals surface area (Å²) < 4.78 is 4.89. The number of carbonyl (C=O) groups is 1. The van der Waals surface area contributed by atoms with E-state index in [9.17, 15) is 4.79 Å². The number of nitrogens with zero attached hydrogens (tertiary/aromatic N) is 2. The molecule has 6 nitrogen and oxygen atoms in total. The number of para-hydroxylation sites is 1. The van der Waals surface area contributed by atoms with Crippen molar-refractivity contribution in [1.82, 2.24) is 9.97 Å². The van der Waals surface area contributed by atoms with Crippen molar-refractivity contribution in [2.24, 2.45) is 0 Å². The Kier molecular flexibility index (Phi) is 4.70. The van der Waals surface area contributed by atoms with E-state index in [0.717, 1.165) is 17.4 Å². The second-order valence-electron chi connectivity index (χ2n) is 4.10. The minimum atomic E-state index is -0.305. The lowest BCUT2D eigenvalue weighted by atomic mass is 10.2. The Hall–Kier alpha value is -2.37. The summed E-state index contributed by atoms with van der Waals surface area (Å²) in [5.41, 5.74) is 0.824. The molecule has 0 amide bonds. The maximum atomic E-state index is 11.4. The summed E-state index contributed by atoms with van der Waals surface area (Å²) in [6, 6.07) is 7.65. The van der Waals surface area contributed by atoms with Gasteiger partial charge in [-0.2, -0.15) is 4.98 Å². The van der Waals surface area contributed by atoms with E-state index in [4.69, 9.17) is 4.74 Å². The monoisotopic (exact) mass is 274 g/mol. The molecular weight excluding hydrogens is 256 g/mol. The van der Waals surface area contributed by atoms with E-state index >= 15 is 0 Å². The van der Waals surface area contributed by atoms with Crippen LogP contribution in [0, 0.1) is 0 Å². The van der Waals surface area contributed by atoms with Crippen molar-refractivity contribution in [2.75, 3.05) is 30.3 Å². The third-order valence-electron chi connectivity index (χ3n) is 2.64. The number of fused-ring (bicyclic) bond motifs is 1. The summed E-state index contributed by atoms with van der Waals surface area (Å²) in [5.74, 6) is 0.859. The molecule has 2 N–H and O–H groups in total. The lowest BCUT2D eigenvalue weighted by Gasteiger charge is -2.10. The number of ether oxygens (including phenoxy) is 1. The second-order valence-corrected chi connectivity index (χ2v) is 4.10. The molecule has 106 valence electrons. The summed E-state index contributed by atoms with van der Waals surface area (Å²) in [6.45, 7) is 4.94. The molecule has 0 fully saturated rings. The molecule has 2 aromatic rings. The number of nitrogens with one attached hydrogen (secondary N) is 2. The number of anilines is 2. The normalized spacial score (nSPS) is 10.3. The van der Waals surface area contributed by atoms with Gasteiger partial charge in [-0.3, -0.25) is 4.79 Å². The van der Waals surface area contributed by atoms with Gasteiger partial charge in [-0.1, -0.05) is 12.1 Å². The van der Waals surface area contributed by atoms with Crippen molar-refractivity contribution in [3.63, 3.8) is 0 Å². The average molecular weight is 274 g/mol. The molecule has 0 atom stereocenters. The fourth-order valence-electron chi connectivity index (χ4n) is 1.82. The minimum Gasteiger partial charge on any atom is -0.465 e. The average Bonchev–Trinajstić information content (AvgIpc) is 2.45. The zero-order valence-electron chi connectivity index (χ0n) is 11.6. The predicted molar refractivity (Wildman–Crippen MR) is 78.8 cm³/mol. The molecule has 1 heterocycles. The van der Waals surface area contributed by atoms with Gasteiger partial charge in [-0.25, -0.2) is 4.98 Å². The highest BCUT2D eigenvalue weighted by molar-refractivity contribution is 5.91. The number of hydrogen-bond donors (Lipinski definition) is 2. The molecule has 0 aliphatic heterocycles. The van der Waals surface area contributed by atoms with Crippen molar-refractivity contribution >= 4 is 28.6 Å². The summed E-state index contributed by atoms with van der Waals surface area (Å²) in [4.78, 5) is 20.2. The number of carbonyl (C=O) groups excluding carboxylic acids is 1. The fraction of sp³-hybridized carbons (Fsp3) is 0.357. The molecule has 0 aliphatic carbocycles.